The van der Waals surface area contributed by atoms with E-state index >= 15 is 0 Å². The predicted molar refractivity (Wildman–Crippen MR) is 105 cm³/mol. The zero-order valence-corrected chi connectivity index (χ0v) is 15.7. The highest BCUT2D eigenvalue weighted by atomic mass is 35.5. The van der Waals surface area contributed by atoms with Gasteiger partial charge in [0.05, 0.1) is 18.1 Å². The third kappa shape index (κ3) is 3.37. The van der Waals surface area contributed by atoms with Crippen molar-refractivity contribution in [2.75, 3.05) is 36.0 Å². The van der Waals surface area contributed by atoms with Gasteiger partial charge in [-0.3, -0.25) is 4.98 Å². The number of benzene rings is 1. The van der Waals surface area contributed by atoms with Gasteiger partial charge in [-0.15, -0.1) is 0 Å². The number of rotatable bonds is 3. The molecule has 0 aliphatic carbocycles. The second-order valence-electron chi connectivity index (χ2n) is 6.52. The van der Waals surface area contributed by atoms with Crippen LogP contribution in [0, 0.1) is 13.8 Å². The number of piperazine rings is 1. The van der Waals surface area contributed by atoms with E-state index < -0.39 is 0 Å². The molecule has 1 aromatic carbocycles. The van der Waals surface area contributed by atoms with Crippen LogP contribution in [0.5, 0.6) is 0 Å². The number of nitrogens with zero attached hydrogens (tertiary/aromatic N) is 6. The predicted octanol–water partition coefficient (Wildman–Crippen LogP) is 3.26. The molecule has 0 atom stereocenters. The number of halogens is 1. The van der Waals surface area contributed by atoms with Gasteiger partial charge in [0.2, 0.25) is 0 Å². The van der Waals surface area contributed by atoms with Crippen molar-refractivity contribution in [3.8, 4) is 5.82 Å². The molecule has 0 N–H and O–H groups in total. The van der Waals surface area contributed by atoms with Crippen molar-refractivity contribution in [3.05, 3.63) is 59.1 Å². The fourth-order valence-corrected chi connectivity index (χ4v) is 3.43. The SMILES string of the molecule is Cc1cc(C)n(-c2cncc(N3CCN(c4ccc(Cl)cc4)CC3)n2)n1. The topological polar surface area (TPSA) is 50.1 Å². The molecule has 26 heavy (non-hydrogen) atoms. The zero-order chi connectivity index (χ0) is 18.1. The summed E-state index contributed by atoms with van der Waals surface area (Å²) in [5, 5.41) is 5.27. The Balaban J connectivity index is 1.48. The van der Waals surface area contributed by atoms with E-state index in [0.29, 0.717) is 0 Å². The van der Waals surface area contributed by atoms with E-state index in [2.05, 4.69) is 32.0 Å². The lowest BCUT2D eigenvalue weighted by atomic mass is 10.2. The Hall–Kier alpha value is -2.60. The molecule has 1 aliphatic rings. The summed E-state index contributed by atoms with van der Waals surface area (Å²) in [6.45, 7) is 7.69. The maximum atomic E-state index is 5.98. The summed E-state index contributed by atoms with van der Waals surface area (Å²) in [5.74, 6) is 1.65. The van der Waals surface area contributed by atoms with E-state index in [1.807, 2.05) is 42.9 Å². The highest BCUT2D eigenvalue weighted by molar-refractivity contribution is 6.30. The van der Waals surface area contributed by atoms with E-state index in [0.717, 1.165) is 54.2 Å². The van der Waals surface area contributed by atoms with Crippen LogP contribution in [-0.2, 0) is 0 Å². The van der Waals surface area contributed by atoms with E-state index in [4.69, 9.17) is 16.6 Å². The van der Waals surface area contributed by atoms with Gasteiger partial charge in [-0.25, -0.2) is 9.67 Å². The van der Waals surface area contributed by atoms with Crippen molar-refractivity contribution in [3.63, 3.8) is 0 Å². The van der Waals surface area contributed by atoms with Crippen molar-refractivity contribution in [1.82, 2.24) is 19.7 Å². The largest absolute Gasteiger partial charge is 0.368 e. The average molecular weight is 369 g/mol. The molecule has 134 valence electrons. The van der Waals surface area contributed by atoms with Gasteiger partial charge >= 0.3 is 0 Å². The molecule has 0 spiro atoms. The second-order valence-corrected chi connectivity index (χ2v) is 6.96. The first-order chi connectivity index (χ1) is 12.6. The third-order valence-corrected chi connectivity index (χ3v) is 4.88. The van der Waals surface area contributed by atoms with E-state index in [9.17, 15) is 0 Å². The van der Waals surface area contributed by atoms with Crippen LogP contribution in [0.1, 0.15) is 11.4 Å². The summed E-state index contributed by atoms with van der Waals surface area (Å²) in [6.07, 6.45) is 3.58. The first-order valence-electron chi connectivity index (χ1n) is 8.71. The summed E-state index contributed by atoms with van der Waals surface area (Å²) in [4.78, 5) is 13.8. The first-order valence-corrected chi connectivity index (χ1v) is 9.09. The van der Waals surface area contributed by atoms with Crippen molar-refractivity contribution >= 4 is 23.1 Å². The number of hydrogen-bond acceptors (Lipinski definition) is 5. The Kier molecular flexibility index (Phi) is 4.51. The molecule has 7 heteroatoms. The Bertz CT molecular complexity index is 897. The summed E-state index contributed by atoms with van der Waals surface area (Å²) in [7, 11) is 0. The summed E-state index contributed by atoms with van der Waals surface area (Å²) >= 11 is 5.98. The van der Waals surface area contributed by atoms with Crippen LogP contribution in [0.15, 0.2) is 42.7 Å². The molecule has 3 heterocycles. The lowest BCUT2D eigenvalue weighted by Crippen LogP contribution is -2.46. The van der Waals surface area contributed by atoms with E-state index in [1.165, 1.54) is 5.69 Å². The summed E-state index contributed by atoms with van der Waals surface area (Å²) < 4.78 is 1.84. The molecule has 1 aliphatic heterocycles. The average Bonchev–Trinajstić information content (AvgIpc) is 3.01. The number of aromatic nitrogens is 4. The first kappa shape index (κ1) is 16.8. The lowest BCUT2D eigenvalue weighted by molar-refractivity contribution is 0.644. The minimum absolute atomic E-state index is 0.758. The molecule has 0 saturated carbocycles. The fourth-order valence-electron chi connectivity index (χ4n) is 3.31. The van der Waals surface area contributed by atoms with Crippen LogP contribution in [0.2, 0.25) is 5.02 Å². The molecule has 3 aromatic rings. The Morgan fingerprint density at radius 1 is 0.885 bits per heavy atom. The van der Waals surface area contributed by atoms with Crippen LogP contribution in [0.4, 0.5) is 11.5 Å². The molecule has 0 radical (unpaired) electrons. The highest BCUT2D eigenvalue weighted by Gasteiger charge is 2.19. The van der Waals surface area contributed by atoms with Gasteiger partial charge in [0, 0.05) is 42.6 Å². The van der Waals surface area contributed by atoms with Gasteiger partial charge in [-0.05, 0) is 44.2 Å². The van der Waals surface area contributed by atoms with Crippen LogP contribution in [0.25, 0.3) is 5.82 Å². The van der Waals surface area contributed by atoms with Crippen molar-refractivity contribution in [2.24, 2.45) is 0 Å². The summed E-state index contributed by atoms with van der Waals surface area (Å²) in [5.41, 5.74) is 3.24. The minimum atomic E-state index is 0.758. The maximum absolute atomic E-state index is 5.98. The van der Waals surface area contributed by atoms with Crippen molar-refractivity contribution in [1.29, 1.82) is 0 Å². The molecule has 0 bridgehead atoms. The van der Waals surface area contributed by atoms with Gasteiger partial charge in [0.15, 0.2) is 5.82 Å². The molecule has 1 saturated heterocycles. The van der Waals surface area contributed by atoms with E-state index in [-0.39, 0.29) is 0 Å². The van der Waals surface area contributed by atoms with Gasteiger partial charge in [0.1, 0.15) is 5.82 Å². The molecule has 4 rings (SSSR count). The summed E-state index contributed by atoms with van der Waals surface area (Å²) in [6, 6.07) is 10.1. The molecular formula is C19H21ClN6. The number of aryl methyl sites for hydroxylation is 2. The van der Waals surface area contributed by atoms with Crippen molar-refractivity contribution < 1.29 is 0 Å². The lowest BCUT2D eigenvalue weighted by Gasteiger charge is -2.36. The van der Waals surface area contributed by atoms with Crippen molar-refractivity contribution in [2.45, 2.75) is 13.8 Å². The Morgan fingerprint density at radius 2 is 1.54 bits per heavy atom. The fraction of sp³-hybridized carbons (Fsp3) is 0.316. The quantitative estimate of drug-likeness (QED) is 0.710. The molecule has 0 amide bonds. The molecule has 2 aromatic heterocycles. The monoisotopic (exact) mass is 368 g/mol. The highest BCUT2D eigenvalue weighted by Crippen LogP contribution is 2.21. The molecule has 1 fully saturated rings. The maximum Gasteiger partial charge on any atom is 0.174 e. The van der Waals surface area contributed by atoms with Crippen LogP contribution >= 0.6 is 11.6 Å². The minimum Gasteiger partial charge on any atom is -0.368 e. The van der Waals surface area contributed by atoms with Gasteiger partial charge in [-0.1, -0.05) is 11.6 Å². The Morgan fingerprint density at radius 3 is 2.19 bits per heavy atom. The standard InChI is InChI=1S/C19H21ClN6/c1-14-11-15(2)26(23-14)19-13-21-12-18(22-19)25-9-7-24(8-10-25)17-5-3-16(20)4-6-17/h3-6,11-13H,7-10H2,1-2H3. The molecular weight excluding hydrogens is 348 g/mol. The van der Waals surface area contributed by atoms with Gasteiger partial charge < -0.3 is 9.80 Å². The van der Waals surface area contributed by atoms with Crippen LogP contribution < -0.4 is 9.80 Å². The van der Waals surface area contributed by atoms with Crippen LogP contribution in [0.3, 0.4) is 0 Å². The van der Waals surface area contributed by atoms with Crippen LogP contribution in [-0.4, -0.2) is 45.9 Å². The Labute approximate surface area is 158 Å². The second kappa shape index (κ2) is 6.96. The third-order valence-electron chi connectivity index (χ3n) is 4.63. The molecule has 6 nitrogen and oxygen atoms in total. The number of anilines is 2. The normalized spacial score (nSPS) is 14.7. The van der Waals surface area contributed by atoms with Gasteiger partial charge in [-0.2, -0.15) is 5.10 Å². The zero-order valence-electron chi connectivity index (χ0n) is 14.9. The van der Waals surface area contributed by atoms with E-state index in [1.54, 1.807) is 6.20 Å². The van der Waals surface area contributed by atoms with Gasteiger partial charge in [0.25, 0.3) is 0 Å². The number of hydrogen-bond donors (Lipinski definition) is 0. The smallest absolute Gasteiger partial charge is 0.174 e. The molecule has 0 unspecified atom stereocenters.